The number of benzene rings is 3. The Morgan fingerprint density at radius 2 is 1.66 bits per heavy atom. The Morgan fingerprint density at radius 3 is 2.42 bits per heavy atom. The highest BCUT2D eigenvalue weighted by molar-refractivity contribution is 7.95. The quantitative estimate of drug-likeness (QED) is 0.0232. The van der Waals surface area contributed by atoms with Crippen molar-refractivity contribution in [1.82, 2.24) is 5.32 Å². The van der Waals surface area contributed by atoms with Crippen molar-refractivity contribution in [2.45, 2.75) is 157 Å². The minimum absolute atomic E-state index is 0.00972. The van der Waals surface area contributed by atoms with Crippen LogP contribution in [0.2, 0.25) is 0 Å². The number of nitrogens with one attached hydrogen (secondary N) is 1. The summed E-state index contributed by atoms with van der Waals surface area (Å²) in [6.45, 7) is 6.27. The number of unbranched alkanes of at least 4 members (excludes halogenated alkanes) is 4. The molecule has 9 rings (SSSR count). The van der Waals surface area contributed by atoms with Crippen molar-refractivity contribution >= 4 is 36.3 Å². The zero-order chi connectivity index (χ0) is 54.4. The van der Waals surface area contributed by atoms with Gasteiger partial charge in [0.15, 0.2) is 29.2 Å². The first-order valence-electron chi connectivity index (χ1n) is 28.3. The number of ether oxygens (including phenoxy) is 4. The number of esters is 1. The molecule has 0 aromatic heterocycles. The topological polar surface area (TPSA) is 207 Å². The van der Waals surface area contributed by atoms with Crippen LogP contribution in [-0.2, 0) is 56.2 Å². The van der Waals surface area contributed by atoms with Gasteiger partial charge in [0, 0.05) is 58.9 Å². The minimum atomic E-state index is -4.90. The van der Waals surface area contributed by atoms with Gasteiger partial charge in [0.25, 0.3) is 0 Å². The lowest BCUT2D eigenvalue weighted by molar-refractivity contribution is -0.209. The number of aliphatic hydroxyl groups excluding tert-OH is 2. The number of hydrogen-bond donors (Lipinski definition) is 5. The van der Waals surface area contributed by atoms with E-state index in [0.717, 1.165) is 120 Å². The Labute approximate surface area is 457 Å². The lowest BCUT2D eigenvalue weighted by Crippen LogP contribution is -2.63. The molecule has 5 N–H and O–H groups in total. The van der Waals surface area contributed by atoms with Crippen molar-refractivity contribution in [2.75, 3.05) is 39.2 Å². The zero-order valence-electron chi connectivity index (χ0n) is 45.2. The number of aryl methyl sites for hydroxylation is 1. The number of phosphoric acid groups is 1. The summed E-state index contributed by atoms with van der Waals surface area (Å²) in [6.07, 6.45) is 19.5. The largest absolute Gasteiger partial charge is 0.524 e. The van der Waals surface area contributed by atoms with Gasteiger partial charge in [-0.15, -0.1) is 0 Å². The second kappa shape index (κ2) is 25.2. The average molecular weight is 1100 g/mol. The van der Waals surface area contributed by atoms with Gasteiger partial charge in [0.1, 0.15) is 17.8 Å². The molecule has 0 spiro atoms. The number of fused-ring (bicyclic) bond motifs is 7. The van der Waals surface area contributed by atoms with Crippen LogP contribution in [0, 0.1) is 34.5 Å². The number of aliphatic hydroxyl groups is 2. The van der Waals surface area contributed by atoms with Crippen LogP contribution in [-0.4, -0.2) is 101 Å². The standard InChI is InChI=1S/C61H80NO13PS/c1-59-30-29-47(63)35-46(59)24-27-49-50-36-55-61(60(50,2)37-51(64)56(49)59,74-58(73-55)43-19-10-7-11-20-43)54(66)39-72-57(67)42-21-25-48(26-22-42)77(3)40-45-34-44(23-28-53(45)75-76(68,69)70)52(65)38-62-31-13-4-5-14-32-71-33-15-12-18-41-16-8-6-9-17-41/h6,8-9,16-17,21-23,25-26,28-30,34-35,43,49-52,55-56,58,62,64-65H,4-5,7,10-15,18-20,24,27,31-33,36-40H2,1-3H3,(H-,68,69,70)/p+1/t49?,50?,51?,52?,55-,56?,58-,59+,60+,61-,77?/m1/s1. The number of hydrogen-bond acceptors (Lipinski definition) is 12. The summed E-state index contributed by atoms with van der Waals surface area (Å²) in [4.78, 5) is 61.7. The van der Waals surface area contributed by atoms with Crippen molar-refractivity contribution in [3.05, 3.63) is 119 Å². The fourth-order valence-corrected chi connectivity index (χ4v) is 16.1. The third-order valence-electron chi connectivity index (χ3n) is 18.2. The van der Waals surface area contributed by atoms with Gasteiger partial charge in [-0.3, -0.25) is 19.4 Å². The molecule has 3 aromatic carbocycles. The van der Waals surface area contributed by atoms with E-state index >= 15 is 4.79 Å². The number of ketones is 2. The van der Waals surface area contributed by atoms with Gasteiger partial charge in [-0.1, -0.05) is 94.0 Å². The number of carbonyl (C=O) groups is 3. The second-order valence-electron chi connectivity index (χ2n) is 23.1. The average Bonchev–Trinajstić information content (AvgIpc) is 4.12. The maximum atomic E-state index is 15.0. The van der Waals surface area contributed by atoms with E-state index in [-0.39, 0.29) is 46.6 Å². The lowest BCUT2D eigenvalue weighted by Gasteiger charge is -2.59. The number of allylic oxidation sites excluding steroid dienone is 4. The Morgan fingerprint density at radius 1 is 0.922 bits per heavy atom. The van der Waals surface area contributed by atoms with Gasteiger partial charge in [-0.2, -0.15) is 0 Å². The van der Waals surface area contributed by atoms with Crippen molar-refractivity contribution in [2.24, 2.45) is 34.5 Å². The predicted octanol–water partition coefficient (Wildman–Crippen LogP) is 9.86. The Balaban J connectivity index is 0.782. The minimum Gasteiger partial charge on any atom is -0.454 e. The molecule has 3 aromatic rings. The second-order valence-corrected chi connectivity index (χ2v) is 26.3. The van der Waals surface area contributed by atoms with Crippen LogP contribution < -0.4 is 9.84 Å². The maximum Gasteiger partial charge on any atom is 0.524 e. The number of phosphoric ester groups is 1. The van der Waals surface area contributed by atoms with Gasteiger partial charge in [0.05, 0.1) is 23.9 Å². The van der Waals surface area contributed by atoms with Crippen LogP contribution in [0.4, 0.5) is 0 Å². The predicted molar refractivity (Wildman–Crippen MR) is 295 cm³/mol. The molecule has 1 saturated heterocycles. The molecule has 5 aliphatic carbocycles. The summed E-state index contributed by atoms with van der Waals surface area (Å²) < 4.78 is 42.7. The van der Waals surface area contributed by atoms with Crippen LogP contribution >= 0.6 is 7.82 Å². The highest BCUT2D eigenvalue weighted by Crippen LogP contribution is 2.70. The van der Waals surface area contributed by atoms with Crippen molar-refractivity contribution in [3.8, 4) is 5.75 Å². The van der Waals surface area contributed by atoms with Crippen molar-refractivity contribution in [3.63, 3.8) is 0 Å². The molecule has 6 unspecified atom stereocenters. The highest BCUT2D eigenvalue weighted by atomic mass is 32.2. The Bertz CT molecular complexity index is 2640. The van der Waals surface area contributed by atoms with E-state index in [1.807, 2.05) is 18.4 Å². The molecule has 0 radical (unpaired) electrons. The molecule has 1 aliphatic heterocycles. The third kappa shape index (κ3) is 13.0. The summed E-state index contributed by atoms with van der Waals surface area (Å²) in [5.74, 6) is -0.640. The summed E-state index contributed by atoms with van der Waals surface area (Å²) in [7, 11) is -5.45. The summed E-state index contributed by atoms with van der Waals surface area (Å²) in [5.41, 5.74) is 1.07. The molecule has 77 heavy (non-hydrogen) atoms. The molecular weight excluding hydrogens is 1020 g/mol. The van der Waals surface area contributed by atoms with Crippen LogP contribution in [0.3, 0.4) is 0 Å². The fourth-order valence-electron chi connectivity index (χ4n) is 14.3. The first-order chi connectivity index (χ1) is 37.0. The molecule has 16 heteroatoms. The van der Waals surface area contributed by atoms with Crippen LogP contribution in [0.5, 0.6) is 5.75 Å². The summed E-state index contributed by atoms with van der Waals surface area (Å²) in [5, 5.41) is 26.7. The molecule has 1 heterocycles. The SMILES string of the molecule is C[S+](Cc1cc(C(O)CNCCCCCCOCCCCc2ccccc2)ccc1OP(=O)(O)O)c1ccc(C(=O)OCC(=O)[C@@]23O[C@H](C4CCCCC4)O[C@@H]2CC2C4CCC5=CC(=O)C=C[C@]5(C)C4C(O)C[C@@]23C)cc1. The molecule has 6 aliphatic rings. The Kier molecular flexibility index (Phi) is 18.9. The molecule has 418 valence electrons. The van der Waals surface area contributed by atoms with Crippen molar-refractivity contribution in [1.29, 1.82) is 0 Å². The number of carbonyl (C=O) groups excluding carboxylic acids is 3. The summed E-state index contributed by atoms with van der Waals surface area (Å²) >= 11 is 0. The fraction of sp³-hybridized carbons (Fsp3) is 0.590. The molecule has 4 saturated carbocycles. The smallest absolute Gasteiger partial charge is 0.454 e. The van der Waals surface area contributed by atoms with E-state index in [0.29, 0.717) is 36.3 Å². The van der Waals surface area contributed by atoms with Crippen LogP contribution in [0.25, 0.3) is 0 Å². The number of rotatable bonds is 25. The molecule has 14 nitrogen and oxygen atoms in total. The van der Waals surface area contributed by atoms with Gasteiger partial charge in [-0.25, -0.2) is 9.36 Å². The summed E-state index contributed by atoms with van der Waals surface area (Å²) in [6, 6.07) is 22.2. The van der Waals surface area contributed by atoms with E-state index in [4.69, 9.17) is 23.5 Å². The number of Topliss-reactive ketones (excluding diaryl/α,β-unsaturated/α-hetero) is 1. The van der Waals surface area contributed by atoms with Crippen molar-refractivity contribution < 1.29 is 62.4 Å². The normalized spacial score (nSPS) is 29.6. The van der Waals surface area contributed by atoms with Gasteiger partial charge >= 0.3 is 13.8 Å². The maximum absolute atomic E-state index is 15.0. The first kappa shape index (κ1) is 57.7. The monoisotopic (exact) mass is 1100 g/mol. The third-order valence-corrected chi connectivity index (χ3v) is 20.4. The van der Waals surface area contributed by atoms with E-state index in [1.165, 1.54) is 11.6 Å². The van der Waals surface area contributed by atoms with E-state index in [2.05, 4.69) is 43.4 Å². The zero-order valence-corrected chi connectivity index (χ0v) is 46.9. The molecule has 0 amide bonds. The van der Waals surface area contributed by atoms with E-state index in [1.54, 1.807) is 48.6 Å². The highest BCUT2D eigenvalue weighted by Gasteiger charge is 2.76. The van der Waals surface area contributed by atoms with Gasteiger partial charge in [-0.05, 0) is 149 Å². The van der Waals surface area contributed by atoms with E-state index in [9.17, 15) is 34.2 Å². The molecule has 0 bridgehead atoms. The first-order valence-corrected chi connectivity index (χ1v) is 31.6. The van der Waals surface area contributed by atoms with Gasteiger partial charge in [0.2, 0.25) is 5.78 Å². The Hall–Kier alpha value is -3.99. The van der Waals surface area contributed by atoms with E-state index < -0.39 is 72.3 Å². The molecular formula is C61H81NO13PS+. The molecule has 5 fully saturated rings. The van der Waals surface area contributed by atoms with Gasteiger partial charge < -0.3 is 39.0 Å². The lowest BCUT2D eigenvalue weighted by atomic mass is 9.46. The molecule has 11 atom stereocenters. The van der Waals surface area contributed by atoms with Crippen LogP contribution in [0.1, 0.15) is 143 Å². The van der Waals surface area contributed by atoms with Crippen LogP contribution in [0.15, 0.2) is 101 Å².